The monoisotopic (exact) mass is 344 g/mol. The van der Waals surface area contributed by atoms with Crippen LogP contribution >= 0.6 is 0 Å². The summed E-state index contributed by atoms with van der Waals surface area (Å²) in [6, 6.07) is 10.4. The molecule has 128 valence electrons. The summed E-state index contributed by atoms with van der Waals surface area (Å²) in [6.07, 6.45) is 9.01. The van der Waals surface area contributed by atoms with E-state index >= 15 is 0 Å². The maximum Gasteiger partial charge on any atom is 0.340 e. The molecule has 6 heteroatoms. The fraction of sp³-hybridized carbons (Fsp3) is 0.200. The van der Waals surface area contributed by atoms with Crippen LogP contribution in [-0.4, -0.2) is 32.4 Å². The Morgan fingerprint density at radius 2 is 2.00 bits per heavy atom. The van der Waals surface area contributed by atoms with Crippen LogP contribution in [0.2, 0.25) is 0 Å². The van der Waals surface area contributed by atoms with Crippen molar-refractivity contribution in [2.24, 2.45) is 0 Å². The van der Waals surface area contributed by atoms with Crippen LogP contribution in [0.15, 0.2) is 55.1 Å². The number of pyridine rings is 1. The number of carbonyl (C=O) groups excluding carboxylic acids is 1. The third-order valence-electron chi connectivity index (χ3n) is 5.18. The molecule has 0 amide bonds. The second kappa shape index (κ2) is 5.36. The first kappa shape index (κ1) is 15.0. The lowest BCUT2D eigenvalue weighted by Crippen LogP contribution is -2.13. The van der Waals surface area contributed by atoms with Gasteiger partial charge in [0.1, 0.15) is 0 Å². The number of carbonyl (C=O) groups is 1. The topological polar surface area (TPSA) is 69.4 Å². The number of methoxy groups -OCH3 is 1. The zero-order valence-electron chi connectivity index (χ0n) is 14.2. The Morgan fingerprint density at radius 1 is 1.15 bits per heavy atom. The summed E-state index contributed by atoms with van der Waals surface area (Å²) < 4.78 is 6.73. The minimum Gasteiger partial charge on any atom is -0.465 e. The van der Waals surface area contributed by atoms with E-state index < -0.39 is 5.97 Å². The first-order valence-electron chi connectivity index (χ1n) is 8.48. The number of hydrogen-bond acceptors (Lipinski definition) is 5. The van der Waals surface area contributed by atoms with Crippen molar-refractivity contribution in [3.8, 4) is 0 Å². The lowest BCUT2D eigenvalue weighted by atomic mass is 9.91. The van der Waals surface area contributed by atoms with Crippen molar-refractivity contribution < 1.29 is 9.53 Å². The van der Waals surface area contributed by atoms with Crippen LogP contribution in [0.3, 0.4) is 0 Å². The van der Waals surface area contributed by atoms with E-state index in [0.29, 0.717) is 11.3 Å². The lowest BCUT2D eigenvalue weighted by molar-refractivity contribution is 0.0599. The number of ether oxygens (including phenoxy) is 1. The van der Waals surface area contributed by atoms with Crippen LogP contribution in [-0.2, 0) is 10.2 Å². The number of imidazole rings is 1. The molecule has 0 atom stereocenters. The predicted molar refractivity (Wildman–Crippen MR) is 96.1 cm³/mol. The average Bonchev–Trinajstić information content (AvgIpc) is 3.39. The zero-order valence-corrected chi connectivity index (χ0v) is 14.2. The zero-order chi connectivity index (χ0) is 17.7. The molecular formula is C20H16N4O2. The molecule has 26 heavy (non-hydrogen) atoms. The van der Waals surface area contributed by atoms with Gasteiger partial charge in [0.2, 0.25) is 5.78 Å². The summed E-state index contributed by atoms with van der Waals surface area (Å²) in [5.41, 5.74) is 3.59. The van der Waals surface area contributed by atoms with E-state index in [1.165, 1.54) is 18.9 Å². The number of esters is 1. The van der Waals surface area contributed by atoms with Gasteiger partial charge in [-0.25, -0.2) is 14.8 Å². The van der Waals surface area contributed by atoms with Crippen molar-refractivity contribution in [3.05, 3.63) is 71.9 Å². The van der Waals surface area contributed by atoms with Crippen LogP contribution in [0, 0.1) is 0 Å². The van der Waals surface area contributed by atoms with Gasteiger partial charge in [0.15, 0.2) is 0 Å². The van der Waals surface area contributed by atoms with Gasteiger partial charge in [-0.1, -0.05) is 12.1 Å². The van der Waals surface area contributed by atoms with Gasteiger partial charge >= 0.3 is 5.97 Å². The highest BCUT2D eigenvalue weighted by Crippen LogP contribution is 2.53. The summed E-state index contributed by atoms with van der Waals surface area (Å²) in [5, 5.41) is 1.12. The molecule has 0 radical (unpaired) electrons. The molecule has 0 N–H and O–H groups in total. The van der Waals surface area contributed by atoms with Crippen LogP contribution in [0.4, 0.5) is 0 Å². The molecule has 3 aromatic heterocycles. The molecule has 0 bridgehead atoms. The van der Waals surface area contributed by atoms with E-state index in [0.717, 1.165) is 29.4 Å². The molecule has 0 saturated heterocycles. The molecule has 1 aliphatic rings. The Morgan fingerprint density at radius 3 is 2.81 bits per heavy atom. The molecule has 5 rings (SSSR count). The van der Waals surface area contributed by atoms with E-state index in [4.69, 9.17) is 4.74 Å². The highest BCUT2D eigenvalue weighted by molar-refractivity contribution is 5.88. The average molecular weight is 344 g/mol. The first-order valence-corrected chi connectivity index (χ1v) is 8.48. The molecule has 0 spiro atoms. The largest absolute Gasteiger partial charge is 0.465 e. The fourth-order valence-electron chi connectivity index (χ4n) is 3.64. The molecule has 4 aromatic rings. The van der Waals surface area contributed by atoms with Crippen LogP contribution in [0.1, 0.15) is 34.5 Å². The maximum atomic E-state index is 11.9. The normalized spacial score (nSPS) is 15.3. The maximum absolute atomic E-state index is 11.9. The summed E-state index contributed by atoms with van der Waals surface area (Å²) in [5.74, 6) is 0.182. The van der Waals surface area contributed by atoms with Crippen molar-refractivity contribution >= 4 is 22.6 Å². The van der Waals surface area contributed by atoms with Gasteiger partial charge in [-0.3, -0.25) is 9.38 Å². The van der Waals surface area contributed by atoms with E-state index in [2.05, 4.69) is 39.2 Å². The fourth-order valence-corrected chi connectivity index (χ4v) is 3.64. The van der Waals surface area contributed by atoms with Gasteiger partial charge in [0.25, 0.3) is 0 Å². The molecule has 0 aliphatic heterocycles. The second-order valence-corrected chi connectivity index (χ2v) is 6.64. The number of nitrogens with zero attached hydrogens (tertiary/aromatic N) is 4. The Bertz CT molecular complexity index is 1160. The van der Waals surface area contributed by atoms with Gasteiger partial charge in [-0.05, 0) is 36.6 Å². The van der Waals surface area contributed by atoms with Gasteiger partial charge in [-0.15, -0.1) is 0 Å². The highest BCUT2D eigenvalue weighted by atomic mass is 16.5. The lowest BCUT2D eigenvalue weighted by Gasteiger charge is -2.16. The molecule has 1 aliphatic carbocycles. The first-order chi connectivity index (χ1) is 12.7. The number of rotatable bonds is 3. The molecule has 0 unspecified atom stereocenters. The van der Waals surface area contributed by atoms with Gasteiger partial charge in [0.05, 0.1) is 30.1 Å². The van der Waals surface area contributed by atoms with Gasteiger partial charge in [-0.2, -0.15) is 0 Å². The number of aromatic nitrogens is 4. The predicted octanol–water partition coefficient (Wildman–Crippen LogP) is 3.14. The number of benzene rings is 1. The van der Waals surface area contributed by atoms with E-state index in [1.54, 1.807) is 12.4 Å². The number of hydrogen-bond donors (Lipinski definition) is 0. The Balaban J connectivity index is 1.67. The number of fused-ring (bicyclic) bond motifs is 2. The van der Waals surface area contributed by atoms with E-state index in [1.807, 2.05) is 16.7 Å². The minimum atomic E-state index is -0.402. The van der Waals surface area contributed by atoms with Crippen molar-refractivity contribution in [1.29, 1.82) is 0 Å². The molecule has 3 heterocycles. The SMILES string of the molecule is COC(=O)c1cnc2ncc(C3(c4ccc5ncccc5c4)CC3)n2c1. The van der Waals surface area contributed by atoms with Crippen LogP contribution in [0.5, 0.6) is 0 Å². The second-order valence-electron chi connectivity index (χ2n) is 6.64. The molecule has 6 nitrogen and oxygen atoms in total. The van der Waals surface area contributed by atoms with Crippen molar-refractivity contribution in [3.63, 3.8) is 0 Å². The van der Waals surface area contributed by atoms with Crippen molar-refractivity contribution in [2.45, 2.75) is 18.3 Å². The summed E-state index contributed by atoms with van der Waals surface area (Å²) in [4.78, 5) is 25.0. The Kier molecular flexibility index (Phi) is 3.09. The summed E-state index contributed by atoms with van der Waals surface area (Å²) in [6.45, 7) is 0. The summed E-state index contributed by atoms with van der Waals surface area (Å²) in [7, 11) is 1.37. The van der Waals surface area contributed by atoms with Gasteiger partial charge in [0, 0.05) is 29.4 Å². The summed E-state index contributed by atoms with van der Waals surface area (Å²) >= 11 is 0. The van der Waals surface area contributed by atoms with Crippen LogP contribution < -0.4 is 0 Å². The molecule has 1 fully saturated rings. The Hall–Kier alpha value is -3.28. The minimum absolute atomic E-state index is 0.0974. The third kappa shape index (κ3) is 2.12. The standard InChI is InChI=1S/C20H16N4O2/c1-26-18(25)14-10-22-19-23-11-17(24(19)12-14)20(6-7-20)15-4-5-16-13(9-15)3-2-8-21-16/h2-5,8-12H,6-7H2,1H3. The molecule has 1 saturated carbocycles. The van der Waals surface area contributed by atoms with Crippen molar-refractivity contribution in [1.82, 2.24) is 19.4 Å². The van der Waals surface area contributed by atoms with Gasteiger partial charge < -0.3 is 4.74 Å². The van der Waals surface area contributed by atoms with E-state index in [-0.39, 0.29) is 5.41 Å². The highest BCUT2D eigenvalue weighted by Gasteiger charge is 2.48. The van der Waals surface area contributed by atoms with E-state index in [9.17, 15) is 4.79 Å². The molecular weight excluding hydrogens is 328 g/mol. The smallest absolute Gasteiger partial charge is 0.340 e. The molecule has 1 aromatic carbocycles. The van der Waals surface area contributed by atoms with Crippen molar-refractivity contribution in [2.75, 3.05) is 7.11 Å². The quantitative estimate of drug-likeness (QED) is 0.534. The third-order valence-corrected chi connectivity index (χ3v) is 5.18. The Labute approximate surface area is 149 Å². The van der Waals surface area contributed by atoms with Crippen LogP contribution in [0.25, 0.3) is 16.7 Å².